The van der Waals surface area contributed by atoms with Gasteiger partial charge in [0.1, 0.15) is 5.02 Å². The molecule has 0 aromatic heterocycles. The third-order valence-electron chi connectivity index (χ3n) is 2.64. The largest absolute Gasteiger partial charge is 0.503 e. The third-order valence-corrected chi connectivity index (χ3v) is 4.10. The Bertz CT molecular complexity index is 648. The van der Waals surface area contributed by atoms with Gasteiger partial charge in [-0.05, 0) is 41.1 Å². The fourth-order valence-corrected chi connectivity index (χ4v) is 2.27. The van der Waals surface area contributed by atoms with Crippen LogP contribution in [-0.4, -0.2) is 17.9 Å². The second kappa shape index (κ2) is 7.33. The van der Waals surface area contributed by atoms with Crippen LogP contribution >= 0.6 is 27.5 Å². The lowest BCUT2D eigenvalue weighted by atomic mass is 10.2. The van der Waals surface area contributed by atoms with E-state index in [1.54, 1.807) is 12.3 Å². The Morgan fingerprint density at radius 2 is 2.10 bits per heavy atom. The van der Waals surface area contributed by atoms with Crippen molar-refractivity contribution in [2.45, 2.75) is 6.92 Å². The number of benzene rings is 2. The Balaban J connectivity index is 2.23. The number of rotatable bonds is 5. The molecule has 0 bridgehead atoms. The number of halogens is 2. The van der Waals surface area contributed by atoms with Gasteiger partial charge < -0.3 is 9.84 Å². The standard InChI is InChI=1S/C15H14BrClN2O2/c1-2-21-12-8-10(13(16)14(17)15(12)20)9-18-19-11-6-4-3-5-7-11/h3-9,19-20H,2H2,1H3. The van der Waals surface area contributed by atoms with Crippen LogP contribution in [0.2, 0.25) is 5.02 Å². The summed E-state index contributed by atoms with van der Waals surface area (Å²) in [6.45, 7) is 2.27. The molecular formula is C15H14BrClN2O2. The summed E-state index contributed by atoms with van der Waals surface area (Å²) in [6.07, 6.45) is 1.60. The van der Waals surface area contributed by atoms with Gasteiger partial charge in [-0.25, -0.2) is 0 Å². The lowest BCUT2D eigenvalue weighted by Gasteiger charge is -2.10. The highest BCUT2D eigenvalue weighted by Crippen LogP contribution is 2.41. The minimum Gasteiger partial charge on any atom is -0.503 e. The Labute approximate surface area is 136 Å². The zero-order valence-corrected chi connectivity index (χ0v) is 13.6. The Kier molecular flexibility index (Phi) is 5.47. The number of hydrogen-bond acceptors (Lipinski definition) is 4. The second-order valence-corrected chi connectivity index (χ2v) is 5.28. The van der Waals surface area contributed by atoms with E-state index in [2.05, 4.69) is 26.5 Å². The summed E-state index contributed by atoms with van der Waals surface area (Å²) in [4.78, 5) is 0. The first-order valence-electron chi connectivity index (χ1n) is 6.31. The quantitative estimate of drug-likeness (QED) is 0.595. The van der Waals surface area contributed by atoms with Gasteiger partial charge in [-0.3, -0.25) is 5.43 Å². The summed E-state index contributed by atoms with van der Waals surface area (Å²) in [5, 5.41) is 14.2. The van der Waals surface area contributed by atoms with Crippen LogP contribution in [-0.2, 0) is 0 Å². The van der Waals surface area contributed by atoms with Crippen molar-refractivity contribution in [1.82, 2.24) is 0 Å². The van der Waals surface area contributed by atoms with Crippen LogP contribution in [0, 0.1) is 0 Å². The molecular weight excluding hydrogens is 356 g/mol. The van der Waals surface area contributed by atoms with Crippen molar-refractivity contribution in [1.29, 1.82) is 0 Å². The maximum absolute atomic E-state index is 9.89. The molecule has 0 saturated carbocycles. The Morgan fingerprint density at radius 3 is 2.76 bits per heavy atom. The fraction of sp³-hybridized carbons (Fsp3) is 0.133. The smallest absolute Gasteiger partial charge is 0.177 e. The molecule has 2 aromatic carbocycles. The van der Waals surface area contributed by atoms with Crippen molar-refractivity contribution < 1.29 is 9.84 Å². The number of ether oxygens (including phenoxy) is 1. The van der Waals surface area contributed by atoms with Gasteiger partial charge in [-0.15, -0.1) is 0 Å². The van der Waals surface area contributed by atoms with Crippen LogP contribution in [0.25, 0.3) is 0 Å². The van der Waals surface area contributed by atoms with Gasteiger partial charge in [-0.2, -0.15) is 5.10 Å². The van der Waals surface area contributed by atoms with Crippen molar-refractivity contribution in [3.63, 3.8) is 0 Å². The minimum atomic E-state index is -0.0847. The van der Waals surface area contributed by atoms with E-state index in [-0.39, 0.29) is 10.8 Å². The van der Waals surface area contributed by atoms with Crippen molar-refractivity contribution in [3.8, 4) is 11.5 Å². The van der Waals surface area contributed by atoms with E-state index in [4.69, 9.17) is 16.3 Å². The fourth-order valence-electron chi connectivity index (χ4n) is 1.66. The number of phenolic OH excluding ortho intramolecular Hbond substituents is 1. The molecule has 0 aliphatic carbocycles. The lowest BCUT2D eigenvalue weighted by Crippen LogP contribution is -1.96. The van der Waals surface area contributed by atoms with E-state index in [0.29, 0.717) is 22.4 Å². The van der Waals surface area contributed by atoms with Crippen LogP contribution in [0.15, 0.2) is 46.0 Å². The monoisotopic (exact) mass is 368 g/mol. The van der Waals surface area contributed by atoms with Crippen molar-refractivity contribution in [2.75, 3.05) is 12.0 Å². The van der Waals surface area contributed by atoms with E-state index in [0.717, 1.165) is 5.69 Å². The number of hydrazone groups is 1. The summed E-state index contributed by atoms with van der Waals surface area (Å²) in [6, 6.07) is 11.2. The van der Waals surface area contributed by atoms with E-state index in [1.165, 1.54) is 0 Å². The number of hydrogen-bond donors (Lipinski definition) is 2. The van der Waals surface area contributed by atoms with Crippen LogP contribution < -0.4 is 10.2 Å². The first kappa shape index (κ1) is 15.7. The molecule has 0 fully saturated rings. The molecule has 0 unspecified atom stereocenters. The topological polar surface area (TPSA) is 53.8 Å². The molecule has 2 rings (SSSR count). The Hall–Kier alpha value is -1.72. The second-order valence-electron chi connectivity index (χ2n) is 4.11. The highest BCUT2D eigenvalue weighted by atomic mass is 79.9. The summed E-state index contributed by atoms with van der Waals surface area (Å²) >= 11 is 9.40. The van der Waals surface area contributed by atoms with Gasteiger partial charge in [0.2, 0.25) is 0 Å². The SMILES string of the molecule is CCOc1cc(C=NNc2ccccc2)c(Br)c(Cl)c1O. The molecule has 0 atom stereocenters. The van der Waals surface area contributed by atoms with Crippen molar-refractivity contribution in [2.24, 2.45) is 5.10 Å². The summed E-state index contributed by atoms with van der Waals surface area (Å²) in [5.41, 5.74) is 4.48. The van der Waals surface area contributed by atoms with E-state index in [1.807, 2.05) is 37.3 Å². The van der Waals surface area contributed by atoms with Gasteiger partial charge in [0.25, 0.3) is 0 Å². The van der Waals surface area contributed by atoms with Gasteiger partial charge in [-0.1, -0.05) is 29.8 Å². The van der Waals surface area contributed by atoms with E-state index < -0.39 is 0 Å². The minimum absolute atomic E-state index is 0.0847. The first-order chi connectivity index (χ1) is 10.1. The number of para-hydroxylation sites is 1. The zero-order chi connectivity index (χ0) is 15.2. The normalized spacial score (nSPS) is 10.8. The molecule has 0 amide bonds. The van der Waals surface area contributed by atoms with Crippen molar-refractivity contribution >= 4 is 39.4 Å². The number of aromatic hydroxyl groups is 1. The summed E-state index contributed by atoms with van der Waals surface area (Å²) < 4.78 is 5.90. The number of phenols is 1. The average Bonchev–Trinajstić information content (AvgIpc) is 2.51. The van der Waals surface area contributed by atoms with Gasteiger partial charge in [0, 0.05) is 10.0 Å². The van der Waals surface area contributed by atoms with Crippen LogP contribution in [0.3, 0.4) is 0 Å². The molecule has 21 heavy (non-hydrogen) atoms. The zero-order valence-electron chi connectivity index (χ0n) is 11.3. The maximum Gasteiger partial charge on any atom is 0.177 e. The molecule has 0 radical (unpaired) electrons. The number of nitrogens with one attached hydrogen (secondary N) is 1. The summed E-state index contributed by atoms with van der Waals surface area (Å²) in [5.74, 6) is 0.241. The maximum atomic E-state index is 9.89. The van der Waals surface area contributed by atoms with Gasteiger partial charge >= 0.3 is 0 Å². The molecule has 6 heteroatoms. The molecule has 0 aliphatic rings. The predicted octanol–water partition coefficient (Wildman–Crippen LogP) is 4.65. The molecule has 110 valence electrons. The molecule has 4 nitrogen and oxygen atoms in total. The third kappa shape index (κ3) is 3.89. The molecule has 2 aromatic rings. The lowest BCUT2D eigenvalue weighted by molar-refractivity contribution is 0.318. The van der Waals surface area contributed by atoms with E-state index >= 15 is 0 Å². The molecule has 2 N–H and O–H groups in total. The van der Waals surface area contributed by atoms with Gasteiger partial charge in [0.05, 0.1) is 18.5 Å². The summed E-state index contributed by atoms with van der Waals surface area (Å²) in [7, 11) is 0. The number of anilines is 1. The molecule has 0 spiro atoms. The van der Waals surface area contributed by atoms with Crippen molar-refractivity contribution in [3.05, 3.63) is 51.5 Å². The van der Waals surface area contributed by atoms with Crippen LogP contribution in [0.4, 0.5) is 5.69 Å². The number of nitrogens with zero attached hydrogens (tertiary/aromatic N) is 1. The molecule has 0 saturated heterocycles. The first-order valence-corrected chi connectivity index (χ1v) is 7.48. The average molecular weight is 370 g/mol. The van der Waals surface area contributed by atoms with Crippen LogP contribution in [0.5, 0.6) is 11.5 Å². The highest BCUT2D eigenvalue weighted by Gasteiger charge is 2.14. The van der Waals surface area contributed by atoms with Gasteiger partial charge in [0.15, 0.2) is 11.5 Å². The Morgan fingerprint density at radius 1 is 1.38 bits per heavy atom. The highest BCUT2D eigenvalue weighted by molar-refractivity contribution is 9.10. The van der Waals surface area contributed by atoms with E-state index in [9.17, 15) is 5.11 Å². The van der Waals surface area contributed by atoms with Crippen LogP contribution in [0.1, 0.15) is 12.5 Å². The molecule has 0 heterocycles. The molecule has 0 aliphatic heterocycles. The predicted molar refractivity (Wildman–Crippen MR) is 89.6 cm³/mol.